The van der Waals surface area contributed by atoms with E-state index in [2.05, 4.69) is 34.0 Å². The van der Waals surface area contributed by atoms with Crippen LogP contribution in [0.4, 0.5) is 0 Å². The van der Waals surface area contributed by atoms with Gasteiger partial charge in [0.25, 0.3) is 0 Å². The Bertz CT molecular complexity index is 636. The second-order valence-electron chi connectivity index (χ2n) is 4.52. The van der Waals surface area contributed by atoms with Gasteiger partial charge < -0.3 is 0 Å². The molecule has 0 unspecified atom stereocenters. The van der Waals surface area contributed by atoms with E-state index in [1.54, 1.807) is 6.20 Å². The molecule has 0 fully saturated rings. The van der Waals surface area contributed by atoms with Crippen molar-refractivity contribution < 1.29 is 0 Å². The molecule has 3 nitrogen and oxygen atoms in total. The summed E-state index contributed by atoms with van der Waals surface area (Å²) in [5.74, 6) is 0.852. The molecule has 3 heteroatoms. The molecular formula is C17H15N3. The minimum atomic E-state index is 0.813. The third-order valence-electron chi connectivity index (χ3n) is 3.12. The standard InChI is InChI=1S/C17H15N3/c1-2-17-19-15(13-7-4-3-5-8-13)11-16(20-17)14-9-6-10-18-12-14/h3-12H,2H2,1H3. The minimum absolute atomic E-state index is 0.813. The molecule has 0 radical (unpaired) electrons. The van der Waals surface area contributed by atoms with Crippen LogP contribution in [0.1, 0.15) is 12.7 Å². The van der Waals surface area contributed by atoms with Gasteiger partial charge in [-0.1, -0.05) is 37.3 Å². The molecule has 0 aliphatic carbocycles. The Labute approximate surface area is 118 Å². The number of pyridine rings is 1. The lowest BCUT2D eigenvalue weighted by Crippen LogP contribution is -1.98. The number of aryl methyl sites for hydroxylation is 1. The van der Waals surface area contributed by atoms with E-state index in [9.17, 15) is 0 Å². The molecule has 20 heavy (non-hydrogen) atoms. The van der Waals surface area contributed by atoms with Crippen LogP contribution in [-0.2, 0) is 6.42 Å². The summed E-state index contributed by atoms with van der Waals surface area (Å²) >= 11 is 0. The predicted molar refractivity (Wildman–Crippen MR) is 80.1 cm³/mol. The van der Waals surface area contributed by atoms with Crippen molar-refractivity contribution in [3.63, 3.8) is 0 Å². The molecular weight excluding hydrogens is 246 g/mol. The van der Waals surface area contributed by atoms with Gasteiger partial charge in [-0.25, -0.2) is 9.97 Å². The molecule has 0 bridgehead atoms. The van der Waals surface area contributed by atoms with E-state index in [-0.39, 0.29) is 0 Å². The molecule has 1 aromatic carbocycles. The third kappa shape index (κ3) is 2.57. The van der Waals surface area contributed by atoms with Crippen molar-refractivity contribution in [1.82, 2.24) is 15.0 Å². The highest BCUT2D eigenvalue weighted by atomic mass is 14.9. The SMILES string of the molecule is CCc1nc(-c2ccccc2)cc(-c2cccnc2)n1. The van der Waals surface area contributed by atoms with Crippen LogP contribution >= 0.6 is 0 Å². The molecule has 0 aliphatic rings. The summed E-state index contributed by atoms with van der Waals surface area (Å²) in [5.41, 5.74) is 4.00. The first-order valence-electron chi connectivity index (χ1n) is 6.70. The molecule has 3 aromatic rings. The number of nitrogens with zero attached hydrogens (tertiary/aromatic N) is 3. The van der Waals surface area contributed by atoms with Crippen molar-refractivity contribution in [1.29, 1.82) is 0 Å². The lowest BCUT2D eigenvalue weighted by molar-refractivity contribution is 0.946. The smallest absolute Gasteiger partial charge is 0.129 e. The summed E-state index contributed by atoms with van der Waals surface area (Å²) in [5, 5.41) is 0. The van der Waals surface area contributed by atoms with Crippen LogP contribution in [0.15, 0.2) is 60.9 Å². The Morgan fingerprint density at radius 3 is 2.20 bits per heavy atom. The zero-order valence-electron chi connectivity index (χ0n) is 11.3. The van der Waals surface area contributed by atoms with Crippen LogP contribution in [-0.4, -0.2) is 15.0 Å². The fourth-order valence-corrected chi connectivity index (χ4v) is 2.07. The van der Waals surface area contributed by atoms with Crippen LogP contribution in [0.25, 0.3) is 22.5 Å². The summed E-state index contributed by atoms with van der Waals surface area (Å²) < 4.78 is 0. The first-order chi connectivity index (χ1) is 9.86. The Morgan fingerprint density at radius 1 is 0.850 bits per heavy atom. The van der Waals surface area contributed by atoms with Gasteiger partial charge in [0, 0.05) is 29.9 Å². The quantitative estimate of drug-likeness (QED) is 0.720. The lowest BCUT2D eigenvalue weighted by Gasteiger charge is -2.07. The molecule has 3 rings (SSSR count). The number of hydrogen-bond donors (Lipinski definition) is 0. The van der Waals surface area contributed by atoms with Gasteiger partial charge in [-0.2, -0.15) is 0 Å². The first-order valence-corrected chi connectivity index (χ1v) is 6.70. The third-order valence-corrected chi connectivity index (χ3v) is 3.12. The normalized spacial score (nSPS) is 10.4. The topological polar surface area (TPSA) is 38.7 Å². The number of aromatic nitrogens is 3. The summed E-state index contributed by atoms with van der Waals surface area (Å²) in [6.45, 7) is 2.07. The average Bonchev–Trinajstić information content (AvgIpc) is 2.56. The summed E-state index contributed by atoms with van der Waals surface area (Å²) in [6.07, 6.45) is 4.41. The van der Waals surface area contributed by atoms with Crippen LogP contribution in [0.5, 0.6) is 0 Å². The molecule has 0 spiro atoms. The van der Waals surface area contributed by atoms with E-state index >= 15 is 0 Å². The van der Waals surface area contributed by atoms with Crippen LogP contribution in [0.2, 0.25) is 0 Å². The van der Waals surface area contributed by atoms with E-state index < -0.39 is 0 Å². The van der Waals surface area contributed by atoms with Gasteiger partial charge in [-0.05, 0) is 18.2 Å². The highest BCUT2D eigenvalue weighted by Crippen LogP contribution is 2.23. The molecule has 0 saturated heterocycles. The van der Waals surface area contributed by atoms with Crippen molar-refractivity contribution in [2.75, 3.05) is 0 Å². The molecule has 0 atom stereocenters. The van der Waals surface area contributed by atoms with Gasteiger partial charge in [0.05, 0.1) is 11.4 Å². The van der Waals surface area contributed by atoms with E-state index in [0.29, 0.717) is 0 Å². The van der Waals surface area contributed by atoms with E-state index in [4.69, 9.17) is 0 Å². The Morgan fingerprint density at radius 2 is 1.55 bits per heavy atom. The van der Waals surface area contributed by atoms with E-state index in [0.717, 1.165) is 34.8 Å². The Hall–Kier alpha value is -2.55. The number of hydrogen-bond acceptors (Lipinski definition) is 3. The maximum Gasteiger partial charge on any atom is 0.129 e. The Kier molecular flexibility index (Phi) is 3.50. The second kappa shape index (κ2) is 5.61. The summed E-state index contributed by atoms with van der Waals surface area (Å²) in [7, 11) is 0. The highest BCUT2D eigenvalue weighted by Gasteiger charge is 2.07. The van der Waals surface area contributed by atoms with Gasteiger partial charge in [-0.3, -0.25) is 4.98 Å². The molecule has 0 saturated carbocycles. The van der Waals surface area contributed by atoms with Gasteiger partial charge in [0.2, 0.25) is 0 Å². The monoisotopic (exact) mass is 261 g/mol. The van der Waals surface area contributed by atoms with Crippen LogP contribution in [0.3, 0.4) is 0 Å². The molecule has 0 amide bonds. The fourth-order valence-electron chi connectivity index (χ4n) is 2.07. The zero-order chi connectivity index (χ0) is 13.8. The van der Waals surface area contributed by atoms with Crippen LogP contribution < -0.4 is 0 Å². The van der Waals surface area contributed by atoms with Crippen molar-refractivity contribution >= 4 is 0 Å². The van der Waals surface area contributed by atoms with Crippen molar-refractivity contribution in [2.24, 2.45) is 0 Å². The minimum Gasteiger partial charge on any atom is -0.264 e. The molecule has 2 aromatic heterocycles. The van der Waals surface area contributed by atoms with Crippen LogP contribution in [0, 0.1) is 0 Å². The first kappa shape index (κ1) is 12.5. The largest absolute Gasteiger partial charge is 0.264 e. The second-order valence-corrected chi connectivity index (χ2v) is 4.52. The summed E-state index contributed by atoms with van der Waals surface area (Å²) in [4.78, 5) is 13.4. The molecule has 0 N–H and O–H groups in total. The number of benzene rings is 1. The summed E-state index contributed by atoms with van der Waals surface area (Å²) in [6, 6.07) is 16.1. The predicted octanol–water partition coefficient (Wildman–Crippen LogP) is 3.77. The van der Waals surface area contributed by atoms with Crippen molar-refractivity contribution in [3.05, 3.63) is 66.7 Å². The lowest BCUT2D eigenvalue weighted by atomic mass is 10.1. The maximum atomic E-state index is 4.62. The van der Waals surface area contributed by atoms with Gasteiger partial charge in [0.15, 0.2) is 0 Å². The van der Waals surface area contributed by atoms with Crippen molar-refractivity contribution in [2.45, 2.75) is 13.3 Å². The van der Waals surface area contributed by atoms with Crippen molar-refractivity contribution in [3.8, 4) is 22.5 Å². The van der Waals surface area contributed by atoms with Gasteiger partial charge >= 0.3 is 0 Å². The van der Waals surface area contributed by atoms with E-state index in [1.807, 2.05) is 42.6 Å². The fraction of sp³-hybridized carbons (Fsp3) is 0.118. The number of rotatable bonds is 3. The Balaban J connectivity index is 2.13. The molecule has 0 aliphatic heterocycles. The zero-order valence-corrected chi connectivity index (χ0v) is 11.3. The molecule has 98 valence electrons. The maximum absolute atomic E-state index is 4.62. The highest BCUT2D eigenvalue weighted by molar-refractivity contribution is 5.67. The van der Waals surface area contributed by atoms with Gasteiger partial charge in [-0.15, -0.1) is 0 Å². The molecule has 2 heterocycles. The van der Waals surface area contributed by atoms with E-state index in [1.165, 1.54) is 0 Å². The van der Waals surface area contributed by atoms with Gasteiger partial charge in [0.1, 0.15) is 5.82 Å². The average molecular weight is 261 g/mol.